The Morgan fingerprint density at radius 1 is 0.418 bits per heavy atom. The number of para-hydroxylation sites is 3. The van der Waals surface area contributed by atoms with Crippen LogP contribution in [-0.2, 0) is 0 Å². The van der Waals surface area contributed by atoms with Crippen molar-refractivity contribution in [3.63, 3.8) is 0 Å². The van der Waals surface area contributed by atoms with E-state index in [-0.39, 0.29) is 20.1 Å². The summed E-state index contributed by atoms with van der Waals surface area (Å²) in [5, 5.41) is 6.66. The molecule has 9 aromatic rings. The van der Waals surface area contributed by atoms with Crippen LogP contribution in [0.1, 0.15) is 0 Å². The van der Waals surface area contributed by atoms with Gasteiger partial charge in [0.1, 0.15) is 23.0 Å². The highest BCUT2D eigenvalue weighted by Gasteiger charge is 2.48. The van der Waals surface area contributed by atoms with Crippen LogP contribution in [0.4, 0.5) is 34.1 Å². The van der Waals surface area contributed by atoms with Crippen molar-refractivity contribution in [2.45, 2.75) is 14.7 Å². The molecule has 6 aliphatic rings. The molecule has 0 aliphatic carbocycles. The molecule has 15 rings (SSSR count). The summed E-state index contributed by atoms with van der Waals surface area (Å²) in [6.07, 6.45) is 10.9. The Labute approximate surface area is 411 Å². The van der Waals surface area contributed by atoms with Crippen LogP contribution in [0, 0.1) is 0 Å². The number of benzene rings is 8. The minimum absolute atomic E-state index is 0.0108. The van der Waals surface area contributed by atoms with Crippen molar-refractivity contribution in [1.82, 2.24) is 4.57 Å². The molecule has 67 heavy (non-hydrogen) atoms. The predicted molar refractivity (Wildman–Crippen MR) is 297 cm³/mol. The maximum absolute atomic E-state index is 7.27. The monoisotopic (exact) mass is 954 g/mol. The van der Waals surface area contributed by atoms with E-state index in [4.69, 9.17) is 9.47 Å². The fourth-order valence-corrected chi connectivity index (χ4v) is 15.1. The third-order valence-corrected chi connectivity index (χ3v) is 18.6. The first-order valence-electron chi connectivity index (χ1n) is 22.4. The van der Waals surface area contributed by atoms with Crippen molar-refractivity contribution < 1.29 is 9.47 Å². The molecule has 0 atom stereocenters. The van der Waals surface area contributed by atoms with Crippen LogP contribution in [0.15, 0.2) is 142 Å². The topological polar surface area (TPSA) is 41.9 Å². The first-order chi connectivity index (χ1) is 33.0. The normalized spacial score (nSPS) is 14.6. The highest BCUT2D eigenvalue weighted by molar-refractivity contribution is 8.00. The van der Waals surface area contributed by atoms with Gasteiger partial charge in [-0.15, -0.1) is 35.3 Å². The lowest BCUT2D eigenvalue weighted by molar-refractivity contribution is 0.486. The number of aromatic nitrogens is 1. The van der Waals surface area contributed by atoms with E-state index >= 15 is 0 Å². The molecule has 0 saturated carbocycles. The number of ether oxygens (including phenoxy) is 2. The Kier molecular flexibility index (Phi) is 8.41. The number of nitrogens with zero attached hydrogens (tertiary/aromatic N) is 3. The summed E-state index contributed by atoms with van der Waals surface area (Å²) in [6, 6.07) is 48.4. The van der Waals surface area contributed by atoms with Crippen molar-refractivity contribution in [1.29, 1.82) is 0 Å². The molecule has 7 heterocycles. The van der Waals surface area contributed by atoms with Gasteiger partial charge in [-0.3, -0.25) is 8.61 Å². The fraction of sp³-hybridized carbons (Fsp3) is 0.0943. The molecule has 14 heteroatoms. The molecular weight excluding hydrogens is 917 g/mol. The Hall–Kier alpha value is -5.50. The molecule has 0 fully saturated rings. The summed E-state index contributed by atoms with van der Waals surface area (Å²) in [5.41, 5.74) is 22.3. The van der Waals surface area contributed by atoms with E-state index in [0.717, 1.165) is 34.4 Å². The number of nitrogens with one attached hydrogen (secondary N) is 1. The number of rotatable bonds is 5. The predicted octanol–water partition coefficient (Wildman–Crippen LogP) is 8.54. The average molecular weight is 955 g/mol. The number of anilines is 6. The van der Waals surface area contributed by atoms with Crippen molar-refractivity contribution in [2.75, 3.05) is 45.2 Å². The van der Waals surface area contributed by atoms with Gasteiger partial charge in [0.05, 0.1) is 22.6 Å². The minimum Gasteiger partial charge on any atom is -0.458 e. The van der Waals surface area contributed by atoms with Crippen LogP contribution in [-0.4, -0.2) is 56.0 Å². The molecule has 0 unspecified atom stereocenters. The molecule has 8 aromatic carbocycles. The standard InChI is InChI=1S/C53H37B3N4O2S5/c1-63-27-17-39-50-43(18-27)58-40-15-8-6-11-30(40)31-12-10-14-33(53(31)58)55(50)34-23-35-41(25-38(34)57-39)59(66-4)45-20-29(65-3)22-49-52(45)56(35)37-24-36-42(26-47(37)62-49)60(67-5)44-19-28(64-2)21-48-51(44)54(36)32-13-7-9-16-46(32)61-48/h6-26,57H,1-5H3. The van der Waals surface area contributed by atoms with Crippen LogP contribution in [0.25, 0.3) is 27.5 Å². The van der Waals surface area contributed by atoms with Crippen LogP contribution in [0.2, 0.25) is 0 Å². The lowest BCUT2D eigenvalue weighted by Crippen LogP contribution is -2.65. The number of hydrogen-bond acceptors (Lipinski definition) is 10. The Bertz CT molecular complexity index is 3750. The second-order valence-electron chi connectivity index (χ2n) is 17.9. The van der Waals surface area contributed by atoms with Crippen molar-refractivity contribution in [2.24, 2.45) is 0 Å². The Balaban J connectivity index is 1.01. The molecule has 6 nitrogen and oxygen atoms in total. The van der Waals surface area contributed by atoms with E-state index < -0.39 is 0 Å². The molecule has 1 N–H and O–H groups in total. The van der Waals surface area contributed by atoms with Crippen molar-refractivity contribution in [3.8, 4) is 28.7 Å². The molecule has 0 spiro atoms. The SMILES string of the molecule is CSc1cc2c3c(c1)N(SC)c1cc4c(cc1B3c1cc3c(cc1O2)N(SC)c1cc(SC)cc2c1B3c1ccccc1O2)B1c2c(cc(SC)cc2-n2c3ccccc3c3cccc1c32)N4. The Morgan fingerprint density at radius 2 is 1.00 bits per heavy atom. The average Bonchev–Trinajstić information content (AvgIpc) is 3.71. The second-order valence-corrected chi connectivity index (χ2v) is 22.0. The molecule has 0 bridgehead atoms. The van der Waals surface area contributed by atoms with E-state index in [2.05, 4.69) is 177 Å². The van der Waals surface area contributed by atoms with Gasteiger partial charge >= 0.3 is 0 Å². The summed E-state index contributed by atoms with van der Waals surface area (Å²) in [7, 11) is 0. The van der Waals surface area contributed by atoms with Crippen molar-refractivity contribution in [3.05, 3.63) is 127 Å². The zero-order valence-corrected chi connectivity index (χ0v) is 41.1. The second kappa shape index (κ2) is 14.3. The van der Waals surface area contributed by atoms with Gasteiger partial charge in [0, 0.05) is 72.3 Å². The summed E-state index contributed by atoms with van der Waals surface area (Å²) in [4.78, 5) is 3.61. The smallest absolute Gasteiger partial charge is 0.256 e. The first kappa shape index (κ1) is 39.5. The summed E-state index contributed by atoms with van der Waals surface area (Å²) >= 11 is 8.82. The molecule has 0 amide bonds. The Morgan fingerprint density at radius 3 is 1.73 bits per heavy atom. The summed E-state index contributed by atoms with van der Waals surface area (Å²) in [6.45, 7) is -0.0617. The highest BCUT2D eigenvalue weighted by atomic mass is 32.2. The van der Waals surface area contributed by atoms with Gasteiger partial charge in [-0.25, -0.2) is 0 Å². The first-order valence-corrected chi connectivity index (χ1v) is 28.5. The van der Waals surface area contributed by atoms with E-state index in [9.17, 15) is 0 Å². The lowest BCUT2D eigenvalue weighted by Gasteiger charge is -2.43. The van der Waals surface area contributed by atoms with Crippen LogP contribution < -0.4 is 72.6 Å². The fourth-order valence-electron chi connectivity index (χ4n) is 12.3. The molecule has 0 saturated heterocycles. The van der Waals surface area contributed by atoms with Gasteiger partial charge in [-0.05, 0) is 146 Å². The van der Waals surface area contributed by atoms with Gasteiger partial charge in [0.2, 0.25) is 0 Å². The molecule has 6 aliphatic heterocycles. The third-order valence-electron chi connectivity index (χ3n) is 15.0. The van der Waals surface area contributed by atoms with Crippen molar-refractivity contribution >= 4 is 184 Å². The number of thioether (sulfide) groups is 3. The molecular formula is C53H37B3N4O2S5. The quantitative estimate of drug-likeness (QED) is 0.103. The number of fused-ring (bicyclic) bond motifs is 15. The van der Waals surface area contributed by atoms with Crippen LogP contribution in [0.5, 0.6) is 23.0 Å². The van der Waals surface area contributed by atoms with Gasteiger partial charge in [0.25, 0.3) is 20.1 Å². The summed E-state index contributed by atoms with van der Waals surface area (Å²) < 4.78 is 21.4. The van der Waals surface area contributed by atoms with Gasteiger partial charge in [-0.1, -0.05) is 66.7 Å². The zero-order valence-electron chi connectivity index (χ0n) is 37.1. The van der Waals surface area contributed by atoms with Gasteiger partial charge in [0.15, 0.2) is 0 Å². The lowest BCUT2D eigenvalue weighted by atomic mass is 9.29. The largest absolute Gasteiger partial charge is 0.458 e. The van der Waals surface area contributed by atoms with E-state index in [1.165, 1.54) is 114 Å². The maximum atomic E-state index is 7.27. The third kappa shape index (κ3) is 5.15. The molecule has 320 valence electrons. The van der Waals surface area contributed by atoms with Gasteiger partial charge in [-0.2, -0.15) is 0 Å². The van der Waals surface area contributed by atoms with Gasteiger partial charge < -0.3 is 19.4 Å². The summed E-state index contributed by atoms with van der Waals surface area (Å²) in [5.74, 6) is 3.69. The van der Waals surface area contributed by atoms with Crippen LogP contribution >= 0.6 is 59.2 Å². The zero-order chi connectivity index (χ0) is 44.6. The molecule has 0 radical (unpaired) electrons. The maximum Gasteiger partial charge on any atom is 0.256 e. The number of hydrogen-bond donors (Lipinski definition) is 1. The molecule has 1 aromatic heterocycles. The van der Waals surface area contributed by atoms with Crippen LogP contribution in [0.3, 0.4) is 0 Å². The highest BCUT2D eigenvalue weighted by Crippen LogP contribution is 2.47. The van der Waals surface area contributed by atoms with E-state index in [1.54, 1.807) is 59.2 Å². The van der Waals surface area contributed by atoms with E-state index in [0.29, 0.717) is 0 Å². The van der Waals surface area contributed by atoms with E-state index in [1.807, 2.05) is 0 Å². The minimum atomic E-state index is -0.0817.